The van der Waals surface area contributed by atoms with Crippen LogP contribution in [-0.2, 0) is 10.0 Å². The molecule has 0 aliphatic carbocycles. The summed E-state index contributed by atoms with van der Waals surface area (Å²) >= 11 is 0. The molecule has 3 rings (SSSR count). The molecule has 0 bridgehead atoms. The van der Waals surface area contributed by atoms with Gasteiger partial charge in [-0.1, -0.05) is 19.1 Å². The van der Waals surface area contributed by atoms with Gasteiger partial charge in [-0.2, -0.15) is 0 Å². The van der Waals surface area contributed by atoms with Crippen LogP contribution in [0, 0.1) is 11.7 Å². The topological polar surface area (TPSA) is 100 Å². The number of halogens is 1. The van der Waals surface area contributed by atoms with Crippen molar-refractivity contribution in [3.05, 3.63) is 47.9 Å². The Morgan fingerprint density at radius 2 is 2.06 bits per heavy atom. The van der Waals surface area contributed by atoms with E-state index in [-0.39, 0.29) is 43.0 Å². The average Bonchev–Trinajstić information content (AvgIpc) is 2.74. The van der Waals surface area contributed by atoms with Crippen LogP contribution in [0.25, 0.3) is 11.1 Å². The first kappa shape index (κ1) is 24.1. The number of carbonyl (C=O) groups excluding carboxylic acids is 1. The molecule has 1 N–H and O–H groups in total. The molecule has 0 spiro atoms. The van der Waals surface area contributed by atoms with Crippen molar-refractivity contribution in [3.8, 4) is 17.0 Å². The molecule has 3 atom stereocenters. The molecular weight excluding hydrogens is 437 g/mol. The molecular formula is C22H28FN3O5S. The molecule has 1 amide bonds. The lowest BCUT2D eigenvalue weighted by atomic mass is 9.99. The van der Waals surface area contributed by atoms with Gasteiger partial charge in [-0.15, -0.1) is 0 Å². The van der Waals surface area contributed by atoms with Gasteiger partial charge < -0.3 is 14.7 Å². The summed E-state index contributed by atoms with van der Waals surface area (Å²) in [6.07, 6.45) is 2.02. The number of nitrogens with zero attached hydrogens (tertiary/aromatic N) is 3. The Balaban J connectivity index is 2.07. The first-order chi connectivity index (χ1) is 15.0. The quantitative estimate of drug-likeness (QED) is 0.701. The molecule has 10 heteroatoms. The highest BCUT2D eigenvalue weighted by molar-refractivity contribution is 7.88. The van der Waals surface area contributed by atoms with Gasteiger partial charge in [0, 0.05) is 31.3 Å². The number of aliphatic hydroxyl groups excluding tert-OH is 1. The predicted molar refractivity (Wildman–Crippen MR) is 118 cm³/mol. The molecule has 1 aliphatic heterocycles. The number of benzene rings is 1. The number of amides is 1. The highest BCUT2D eigenvalue weighted by Crippen LogP contribution is 2.30. The third kappa shape index (κ3) is 5.25. The Kier molecular flexibility index (Phi) is 7.16. The van der Waals surface area contributed by atoms with E-state index >= 15 is 0 Å². The number of carbonyl (C=O) groups is 1. The Hall–Kier alpha value is -2.56. The zero-order valence-corrected chi connectivity index (χ0v) is 19.3. The monoisotopic (exact) mass is 465 g/mol. The summed E-state index contributed by atoms with van der Waals surface area (Å²) in [5, 5.41) is 9.71. The summed E-state index contributed by atoms with van der Waals surface area (Å²) in [7, 11) is -1.98. The molecule has 0 fully saturated rings. The van der Waals surface area contributed by atoms with Gasteiger partial charge in [0.15, 0.2) is 0 Å². The second-order valence-corrected chi connectivity index (χ2v) is 10.3. The molecule has 1 aromatic heterocycles. The summed E-state index contributed by atoms with van der Waals surface area (Å²) in [5.41, 5.74) is 1.26. The zero-order valence-electron chi connectivity index (χ0n) is 18.5. The number of hydrogen-bond acceptors (Lipinski definition) is 6. The molecule has 2 heterocycles. The van der Waals surface area contributed by atoms with Crippen molar-refractivity contribution in [2.24, 2.45) is 5.92 Å². The van der Waals surface area contributed by atoms with Gasteiger partial charge in [0.2, 0.25) is 15.9 Å². The Morgan fingerprint density at radius 3 is 2.69 bits per heavy atom. The van der Waals surface area contributed by atoms with Crippen LogP contribution < -0.4 is 4.74 Å². The molecule has 0 radical (unpaired) electrons. The predicted octanol–water partition coefficient (Wildman–Crippen LogP) is 2.00. The Labute approximate surface area is 187 Å². The van der Waals surface area contributed by atoms with Gasteiger partial charge in [0.25, 0.3) is 5.91 Å². The molecule has 174 valence electrons. The molecule has 2 aromatic rings. The second kappa shape index (κ2) is 9.51. The lowest BCUT2D eigenvalue weighted by Crippen LogP contribution is -2.50. The van der Waals surface area contributed by atoms with Crippen molar-refractivity contribution in [3.63, 3.8) is 0 Å². The molecule has 1 aliphatic rings. The lowest BCUT2D eigenvalue weighted by molar-refractivity contribution is 0.0374. The van der Waals surface area contributed by atoms with Gasteiger partial charge in [-0.25, -0.2) is 22.1 Å². The van der Waals surface area contributed by atoms with Crippen LogP contribution in [0.5, 0.6) is 5.88 Å². The first-order valence-electron chi connectivity index (χ1n) is 10.3. The number of likely N-dealkylation sites (N-methyl/N-ethyl adjacent to an activating group) is 1. The first-order valence-corrected chi connectivity index (χ1v) is 12.1. The van der Waals surface area contributed by atoms with Gasteiger partial charge in [-0.05, 0) is 30.7 Å². The van der Waals surface area contributed by atoms with Gasteiger partial charge in [-0.3, -0.25) is 4.79 Å². The summed E-state index contributed by atoms with van der Waals surface area (Å²) in [6, 6.07) is 7.07. The van der Waals surface area contributed by atoms with Crippen molar-refractivity contribution in [1.29, 1.82) is 0 Å². The minimum atomic E-state index is -3.44. The highest BCUT2D eigenvalue weighted by Gasteiger charge is 2.35. The molecule has 0 saturated carbocycles. The Bertz CT molecular complexity index is 1090. The minimum Gasteiger partial charge on any atom is -0.472 e. The maximum atomic E-state index is 13.7. The van der Waals surface area contributed by atoms with Crippen LogP contribution in [-0.4, -0.2) is 78.8 Å². The van der Waals surface area contributed by atoms with E-state index in [9.17, 15) is 22.7 Å². The van der Waals surface area contributed by atoms with Crippen molar-refractivity contribution < 1.29 is 27.4 Å². The number of rotatable bonds is 6. The maximum absolute atomic E-state index is 13.7. The average molecular weight is 466 g/mol. The Morgan fingerprint density at radius 1 is 1.34 bits per heavy atom. The van der Waals surface area contributed by atoms with Crippen LogP contribution in [0.1, 0.15) is 24.2 Å². The third-order valence-corrected chi connectivity index (χ3v) is 6.96. The number of aliphatic hydroxyl groups is 1. The van der Waals surface area contributed by atoms with E-state index < -0.39 is 28.0 Å². The number of sulfonamides is 1. The molecule has 0 saturated heterocycles. The van der Waals surface area contributed by atoms with E-state index in [2.05, 4.69) is 4.98 Å². The lowest BCUT2D eigenvalue weighted by Gasteiger charge is -2.37. The number of ether oxygens (including phenoxy) is 1. The van der Waals surface area contributed by atoms with E-state index in [0.29, 0.717) is 11.1 Å². The number of fused-ring (bicyclic) bond motifs is 1. The van der Waals surface area contributed by atoms with Crippen molar-refractivity contribution in [2.75, 3.05) is 33.0 Å². The van der Waals surface area contributed by atoms with Crippen LogP contribution >= 0.6 is 0 Å². The maximum Gasteiger partial charge on any atom is 0.259 e. The van der Waals surface area contributed by atoms with Crippen LogP contribution in [0.3, 0.4) is 0 Å². The molecule has 32 heavy (non-hydrogen) atoms. The number of hydrogen-bond donors (Lipinski definition) is 1. The largest absolute Gasteiger partial charge is 0.472 e. The smallest absolute Gasteiger partial charge is 0.259 e. The molecule has 1 aromatic carbocycles. The summed E-state index contributed by atoms with van der Waals surface area (Å²) in [4.78, 5) is 19.3. The van der Waals surface area contributed by atoms with E-state index in [4.69, 9.17) is 4.74 Å². The molecule has 8 nitrogen and oxygen atoms in total. The number of aromatic nitrogens is 1. The van der Waals surface area contributed by atoms with E-state index in [1.54, 1.807) is 25.1 Å². The normalized spacial score (nSPS) is 20.3. The summed E-state index contributed by atoms with van der Waals surface area (Å²) < 4.78 is 44.8. The fourth-order valence-corrected chi connectivity index (χ4v) is 3.95. The minimum absolute atomic E-state index is 0.0717. The standard InChI is InChI=1S/C22H28FN3O5S/c1-14-11-26(15(2)13-27)22(28)19-9-17(16-6-5-7-18(23)8-16)10-24-21(19)31-20(14)12-25(3)32(4,29)30/h5-10,14-15,20,27H,11-13H2,1-4H3/t14-,15-,20-/m1/s1. The van der Waals surface area contributed by atoms with Crippen LogP contribution in [0.4, 0.5) is 4.39 Å². The fraction of sp³-hybridized carbons (Fsp3) is 0.455. The summed E-state index contributed by atoms with van der Waals surface area (Å²) in [5.74, 6) is -0.946. The zero-order chi connectivity index (χ0) is 23.6. The molecule has 0 unspecified atom stereocenters. The van der Waals surface area contributed by atoms with Crippen LogP contribution in [0.15, 0.2) is 36.5 Å². The van der Waals surface area contributed by atoms with Crippen molar-refractivity contribution in [2.45, 2.75) is 26.0 Å². The van der Waals surface area contributed by atoms with Crippen LogP contribution in [0.2, 0.25) is 0 Å². The van der Waals surface area contributed by atoms with E-state index in [1.165, 1.54) is 34.6 Å². The van der Waals surface area contributed by atoms with Gasteiger partial charge >= 0.3 is 0 Å². The fourth-order valence-electron chi connectivity index (χ4n) is 3.53. The van der Waals surface area contributed by atoms with Crippen molar-refractivity contribution in [1.82, 2.24) is 14.2 Å². The summed E-state index contributed by atoms with van der Waals surface area (Å²) in [6.45, 7) is 3.68. The van der Waals surface area contributed by atoms with E-state index in [1.807, 2.05) is 6.92 Å². The van der Waals surface area contributed by atoms with Crippen molar-refractivity contribution >= 4 is 15.9 Å². The highest BCUT2D eigenvalue weighted by atomic mass is 32.2. The van der Waals surface area contributed by atoms with Gasteiger partial charge in [0.1, 0.15) is 17.5 Å². The van der Waals surface area contributed by atoms with E-state index in [0.717, 1.165) is 6.26 Å². The van der Waals surface area contributed by atoms with Gasteiger partial charge in [0.05, 0.1) is 25.4 Å². The number of pyridine rings is 1. The SMILES string of the molecule is C[C@@H]1CN([C@H](C)CO)C(=O)c2cc(-c3cccc(F)c3)cnc2O[C@@H]1CN(C)S(C)(=O)=O. The third-order valence-electron chi connectivity index (χ3n) is 5.68. The second-order valence-electron chi connectivity index (χ2n) is 8.25.